The smallest absolute Gasteiger partial charge is 0.416 e. The van der Waals surface area contributed by atoms with Crippen molar-refractivity contribution in [2.75, 3.05) is 7.11 Å². The van der Waals surface area contributed by atoms with Gasteiger partial charge in [-0.2, -0.15) is 13.2 Å². The summed E-state index contributed by atoms with van der Waals surface area (Å²) in [6.07, 6.45) is -4.54. The van der Waals surface area contributed by atoms with Gasteiger partial charge in [0.15, 0.2) is 0 Å². The molecule has 0 aliphatic heterocycles. The Hall–Kier alpha value is -1.52. The molecule has 0 fully saturated rings. The molecule has 0 atom stereocenters. The fraction of sp³-hybridized carbons (Fsp3) is 0.364. The fourth-order valence-electron chi connectivity index (χ4n) is 1.37. The first-order valence-corrected chi connectivity index (χ1v) is 4.57. The Labute approximate surface area is 91.0 Å². The number of benzene rings is 1. The molecule has 0 amide bonds. The lowest BCUT2D eigenvalue weighted by molar-refractivity contribution is -0.140. The van der Waals surface area contributed by atoms with Gasteiger partial charge >= 0.3 is 12.1 Å². The second-order valence-electron chi connectivity index (χ2n) is 3.46. The maximum absolute atomic E-state index is 12.5. The third kappa shape index (κ3) is 3.25. The van der Waals surface area contributed by atoms with Gasteiger partial charge in [0.05, 0.1) is 19.1 Å². The molecule has 0 unspecified atom stereocenters. The molecule has 0 aliphatic carbocycles. The van der Waals surface area contributed by atoms with Crippen molar-refractivity contribution in [3.63, 3.8) is 0 Å². The quantitative estimate of drug-likeness (QED) is 0.733. The molecule has 88 valence electrons. The Morgan fingerprint density at radius 3 is 2.44 bits per heavy atom. The van der Waals surface area contributed by atoms with Crippen molar-refractivity contribution in [2.45, 2.75) is 19.5 Å². The molecule has 0 bridgehead atoms. The normalized spacial score (nSPS) is 11.3. The molecule has 16 heavy (non-hydrogen) atoms. The van der Waals surface area contributed by atoms with Crippen molar-refractivity contribution in [1.82, 2.24) is 0 Å². The standard InChI is InChI=1S/C11H11F3O2/c1-7-3-8(6-10(15)16-2)5-9(4-7)11(12,13)14/h3-5H,6H2,1-2H3. The van der Waals surface area contributed by atoms with Gasteiger partial charge < -0.3 is 4.74 Å². The van der Waals surface area contributed by atoms with Crippen LogP contribution in [0.15, 0.2) is 18.2 Å². The van der Waals surface area contributed by atoms with E-state index in [1.165, 1.54) is 13.2 Å². The van der Waals surface area contributed by atoms with Crippen LogP contribution < -0.4 is 0 Å². The summed E-state index contributed by atoms with van der Waals surface area (Å²) >= 11 is 0. The van der Waals surface area contributed by atoms with E-state index in [-0.39, 0.29) is 6.42 Å². The van der Waals surface area contributed by atoms with Crippen molar-refractivity contribution in [3.8, 4) is 0 Å². The van der Waals surface area contributed by atoms with Gasteiger partial charge in [-0.3, -0.25) is 4.79 Å². The molecule has 0 radical (unpaired) electrons. The lowest BCUT2D eigenvalue weighted by atomic mass is 10.0. The Morgan fingerprint density at radius 2 is 1.94 bits per heavy atom. The molecular weight excluding hydrogens is 221 g/mol. The first-order chi connectivity index (χ1) is 7.32. The fourth-order valence-corrected chi connectivity index (χ4v) is 1.37. The summed E-state index contributed by atoms with van der Waals surface area (Å²) in [5.41, 5.74) is 0.0271. The SMILES string of the molecule is COC(=O)Cc1cc(C)cc(C(F)(F)F)c1. The highest BCUT2D eigenvalue weighted by Crippen LogP contribution is 2.30. The van der Waals surface area contributed by atoms with E-state index in [1.807, 2.05) is 0 Å². The topological polar surface area (TPSA) is 26.3 Å². The summed E-state index contributed by atoms with van der Waals surface area (Å²) in [5, 5.41) is 0. The van der Waals surface area contributed by atoms with Crippen LogP contribution in [0.25, 0.3) is 0 Å². The van der Waals surface area contributed by atoms with E-state index in [1.54, 1.807) is 6.92 Å². The molecule has 5 heteroatoms. The van der Waals surface area contributed by atoms with Crippen molar-refractivity contribution >= 4 is 5.97 Å². The zero-order valence-corrected chi connectivity index (χ0v) is 8.89. The molecular formula is C11H11F3O2. The van der Waals surface area contributed by atoms with Crippen LogP contribution in [-0.4, -0.2) is 13.1 Å². The third-order valence-corrected chi connectivity index (χ3v) is 2.04. The Morgan fingerprint density at radius 1 is 1.31 bits per heavy atom. The van der Waals surface area contributed by atoms with Crippen LogP contribution in [0.4, 0.5) is 13.2 Å². The summed E-state index contributed by atoms with van der Waals surface area (Å²) in [4.78, 5) is 11.0. The molecule has 1 aromatic carbocycles. The Kier molecular flexibility index (Phi) is 3.57. The zero-order valence-electron chi connectivity index (χ0n) is 8.89. The number of hydrogen-bond donors (Lipinski definition) is 0. The second-order valence-corrected chi connectivity index (χ2v) is 3.46. The summed E-state index contributed by atoms with van der Waals surface area (Å²) in [6.45, 7) is 1.55. The number of aryl methyl sites for hydroxylation is 1. The minimum atomic E-state index is -4.39. The van der Waals surface area contributed by atoms with Crippen LogP contribution in [0.1, 0.15) is 16.7 Å². The number of esters is 1. The highest BCUT2D eigenvalue weighted by Gasteiger charge is 2.30. The first-order valence-electron chi connectivity index (χ1n) is 4.57. The van der Waals surface area contributed by atoms with E-state index < -0.39 is 17.7 Å². The number of methoxy groups -OCH3 is 1. The number of hydrogen-bond acceptors (Lipinski definition) is 2. The van der Waals surface area contributed by atoms with Crippen molar-refractivity contribution in [3.05, 3.63) is 34.9 Å². The maximum atomic E-state index is 12.5. The number of rotatable bonds is 2. The van der Waals surface area contributed by atoms with Crippen LogP contribution in [0.2, 0.25) is 0 Å². The predicted molar refractivity (Wildman–Crippen MR) is 51.9 cm³/mol. The highest BCUT2D eigenvalue weighted by atomic mass is 19.4. The molecule has 0 saturated carbocycles. The molecule has 0 spiro atoms. The van der Waals surface area contributed by atoms with Crippen LogP contribution in [0.3, 0.4) is 0 Å². The van der Waals surface area contributed by atoms with Crippen molar-refractivity contribution < 1.29 is 22.7 Å². The van der Waals surface area contributed by atoms with Crippen LogP contribution in [0.5, 0.6) is 0 Å². The van der Waals surface area contributed by atoms with Crippen molar-refractivity contribution in [1.29, 1.82) is 0 Å². The van der Waals surface area contributed by atoms with Crippen LogP contribution >= 0.6 is 0 Å². The van der Waals surface area contributed by atoms with Gasteiger partial charge in [0, 0.05) is 0 Å². The summed E-state index contributed by atoms with van der Waals surface area (Å²) < 4.78 is 41.8. The van der Waals surface area contributed by atoms with E-state index in [9.17, 15) is 18.0 Å². The van der Waals surface area contributed by atoms with E-state index in [0.717, 1.165) is 12.1 Å². The molecule has 0 saturated heterocycles. The lowest BCUT2D eigenvalue weighted by Crippen LogP contribution is -2.09. The lowest BCUT2D eigenvalue weighted by Gasteiger charge is -2.10. The van der Waals surface area contributed by atoms with Crippen LogP contribution in [-0.2, 0) is 22.1 Å². The molecule has 2 nitrogen and oxygen atoms in total. The molecule has 1 rings (SSSR count). The molecule has 0 heterocycles. The number of carbonyl (C=O) groups is 1. The minimum absolute atomic E-state index is 0.152. The number of carbonyl (C=O) groups excluding carboxylic acids is 1. The van der Waals surface area contributed by atoms with Gasteiger partial charge in [-0.25, -0.2) is 0 Å². The van der Waals surface area contributed by atoms with E-state index in [2.05, 4.69) is 4.74 Å². The molecule has 0 N–H and O–H groups in total. The van der Waals surface area contributed by atoms with Crippen LogP contribution in [0, 0.1) is 6.92 Å². The Balaban J connectivity index is 3.04. The van der Waals surface area contributed by atoms with Gasteiger partial charge in [0.2, 0.25) is 0 Å². The third-order valence-electron chi connectivity index (χ3n) is 2.04. The number of halogens is 3. The maximum Gasteiger partial charge on any atom is 0.416 e. The van der Waals surface area contributed by atoms with E-state index >= 15 is 0 Å². The number of alkyl halides is 3. The second kappa shape index (κ2) is 4.55. The zero-order chi connectivity index (χ0) is 12.3. The monoisotopic (exact) mass is 232 g/mol. The Bertz CT molecular complexity index is 397. The minimum Gasteiger partial charge on any atom is -0.469 e. The van der Waals surface area contributed by atoms with E-state index in [0.29, 0.717) is 11.1 Å². The molecule has 0 aromatic heterocycles. The van der Waals surface area contributed by atoms with Gasteiger partial charge in [0.25, 0.3) is 0 Å². The van der Waals surface area contributed by atoms with Crippen molar-refractivity contribution in [2.24, 2.45) is 0 Å². The largest absolute Gasteiger partial charge is 0.469 e. The highest BCUT2D eigenvalue weighted by molar-refractivity contribution is 5.72. The summed E-state index contributed by atoms with van der Waals surface area (Å²) in [7, 11) is 1.20. The van der Waals surface area contributed by atoms with Gasteiger partial charge in [-0.05, 0) is 24.6 Å². The predicted octanol–water partition coefficient (Wildman–Crippen LogP) is 2.73. The average molecular weight is 232 g/mol. The molecule has 1 aromatic rings. The average Bonchev–Trinajstić information content (AvgIpc) is 2.15. The summed E-state index contributed by atoms with van der Waals surface area (Å²) in [6, 6.07) is 3.54. The molecule has 0 aliphatic rings. The van der Waals surface area contributed by atoms with E-state index in [4.69, 9.17) is 0 Å². The number of ether oxygens (including phenoxy) is 1. The first kappa shape index (κ1) is 12.5. The van der Waals surface area contributed by atoms with Gasteiger partial charge in [-0.1, -0.05) is 11.6 Å². The van der Waals surface area contributed by atoms with Gasteiger partial charge in [0.1, 0.15) is 0 Å². The summed E-state index contributed by atoms with van der Waals surface area (Å²) in [5.74, 6) is -0.557. The van der Waals surface area contributed by atoms with Gasteiger partial charge in [-0.15, -0.1) is 0 Å².